The molecule has 86 valence electrons. The number of carbonyl (C=O) groups is 1. The van der Waals surface area contributed by atoms with Gasteiger partial charge in [0.1, 0.15) is 0 Å². The van der Waals surface area contributed by atoms with Crippen molar-refractivity contribution in [3.8, 4) is 11.5 Å². The smallest absolute Gasteiger partial charge is 0.238 e. The van der Waals surface area contributed by atoms with Gasteiger partial charge in [-0.2, -0.15) is 0 Å². The number of fused-ring (bicyclic) bond motifs is 1. The van der Waals surface area contributed by atoms with Crippen LogP contribution in [0.1, 0.15) is 25.3 Å². The summed E-state index contributed by atoms with van der Waals surface area (Å²) in [6.07, 6.45) is 1.98. The van der Waals surface area contributed by atoms with Crippen LogP contribution in [0.15, 0.2) is 18.2 Å². The largest absolute Gasteiger partial charge is 0.451 e. The van der Waals surface area contributed by atoms with Gasteiger partial charge in [0.15, 0.2) is 16.6 Å². The van der Waals surface area contributed by atoms with Gasteiger partial charge in [-0.05, 0) is 30.5 Å². The summed E-state index contributed by atoms with van der Waals surface area (Å²) in [4.78, 5) is 10.7. The minimum atomic E-state index is -0.204. The van der Waals surface area contributed by atoms with Crippen molar-refractivity contribution < 1.29 is 14.3 Å². The predicted molar refractivity (Wildman–Crippen MR) is 64.1 cm³/mol. The Morgan fingerprint density at radius 3 is 2.88 bits per heavy atom. The van der Waals surface area contributed by atoms with Crippen molar-refractivity contribution in [1.82, 2.24) is 0 Å². The van der Waals surface area contributed by atoms with Crippen molar-refractivity contribution in [2.75, 3.05) is 0 Å². The zero-order valence-electron chi connectivity index (χ0n) is 9.10. The second-order valence-electron chi connectivity index (χ2n) is 3.83. The maximum Gasteiger partial charge on any atom is 0.238 e. The Balaban J connectivity index is 1.97. The molecule has 1 unspecified atom stereocenters. The van der Waals surface area contributed by atoms with E-state index in [0.717, 1.165) is 29.9 Å². The number of ether oxygens (including phenoxy) is 2. The summed E-state index contributed by atoms with van der Waals surface area (Å²) in [5.74, 6) is 1.59. The SMILES string of the molecule is CC1Oc2ccc(CCCC(=O)S)cc2O1. The van der Waals surface area contributed by atoms with Gasteiger partial charge in [0, 0.05) is 13.3 Å². The summed E-state index contributed by atoms with van der Waals surface area (Å²) in [5, 5.41) is -0.0608. The van der Waals surface area contributed by atoms with E-state index in [9.17, 15) is 4.79 Å². The van der Waals surface area contributed by atoms with Gasteiger partial charge in [0.25, 0.3) is 0 Å². The summed E-state index contributed by atoms with van der Waals surface area (Å²) in [6, 6.07) is 5.89. The molecular weight excluding hydrogens is 224 g/mol. The minimum absolute atomic E-state index is 0.0608. The quantitative estimate of drug-likeness (QED) is 0.819. The van der Waals surface area contributed by atoms with Gasteiger partial charge in [-0.1, -0.05) is 6.07 Å². The van der Waals surface area contributed by atoms with Crippen LogP contribution in [0.3, 0.4) is 0 Å². The Labute approximate surface area is 100 Å². The average Bonchev–Trinajstić information content (AvgIpc) is 2.56. The highest BCUT2D eigenvalue weighted by atomic mass is 32.1. The van der Waals surface area contributed by atoms with Crippen LogP contribution in [0.25, 0.3) is 0 Å². The lowest BCUT2D eigenvalue weighted by molar-refractivity contribution is -0.110. The number of benzene rings is 1. The van der Waals surface area contributed by atoms with Crippen molar-refractivity contribution in [2.45, 2.75) is 32.5 Å². The van der Waals surface area contributed by atoms with E-state index in [1.54, 1.807) is 0 Å². The molecule has 1 heterocycles. The van der Waals surface area contributed by atoms with Crippen LogP contribution in [0, 0.1) is 0 Å². The molecule has 1 aromatic rings. The fourth-order valence-corrected chi connectivity index (χ4v) is 1.88. The van der Waals surface area contributed by atoms with Crippen LogP contribution in [0.2, 0.25) is 0 Å². The standard InChI is InChI=1S/C12H14O3S/c1-8-14-10-6-5-9(7-11(10)15-8)3-2-4-12(13)16/h5-8H,2-4H2,1H3,(H,13,16). The van der Waals surface area contributed by atoms with Crippen LogP contribution < -0.4 is 9.47 Å². The van der Waals surface area contributed by atoms with Gasteiger partial charge in [-0.15, -0.1) is 12.6 Å². The van der Waals surface area contributed by atoms with E-state index in [-0.39, 0.29) is 11.4 Å². The topological polar surface area (TPSA) is 35.5 Å². The van der Waals surface area contributed by atoms with Crippen molar-refractivity contribution in [3.05, 3.63) is 23.8 Å². The van der Waals surface area contributed by atoms with E-state index in [2.05, 4.69) is 12.6 Å². The number of hydrogen-bond acceptors (Lipinski definition) is 3. The molecule has 1 aromatic carbocycles. The maximum absolute atomic E-state index is 10.7. The van der Waals surface area contributed by atoms with E-state index >= 15 is 0 Å². The molecular formula is C12H14O3S. The first-order valence-corrected chi connectivity index (χ1v) is 5.78. The average molecular weight is 238 g/mol. The first kappa shape index (κ1) is 11.3. The monoisotopic (exact) mass is 238 g/mol. The second kappa shape index (κ2) is 4.78. The van der Waals surface area contributed by atoms with Crippen LogP contribution in [-0.2, 0) is 11.2 Å². The molecule has 0 radical (unpaired) electrons. The Hall–Kier alpha value is -1.16. The van der Waals surface area contributed by atoms with E-state index < -0.39 is 0 Å². The zero-order chi connectivity index (χ0) is 11.5. The normalized spacial score (nSPS) is 17.5. The van der Waals surface area contributed by atoms with Gasteiger partial charge in [-0.25, -0.2) is 0 Å². The molecule has 0 aromatic heterocycles. The Morgan fingerprint density at radius 1 is 1.38 bits per heavy atom. The summed E-state index contributed by atoms with van der Waals surface area (Å²) in [6.45, 7) is 1.86. The molecule has 1 aliphatic rings. The summed E-state index contributed by atoms with van der Waals surface area (Å²) in [5.41, 5.74) is 1.16. The van der Waals surface area contributed by atoms with Gasteiger partial charge in [0.05, 0.1) is 0 Å². The second-order valence-corrected chi connectivity index (χ2v) is 4.33. The van der Waals surface area contributed by atoms with Crippen LogP contribution >= 0.6 is 12.6 Å². The molecule has 0 spiro atoms. The van der Waals surface area contributed by atoms with E-state index in [0.29, 0.717) is 6.42 Å². The highest BCUT2D eigenvalue weighted by molar-refractivity contribution is 7.96. The fraction of sp³-hybridized carbons (Fsp3) is 0.417. The minimum Gasteiger partial charge on any atom is -0.451 e. The molecule has 1 aliphatic heterocycles. The number of thiol groups is 1. The fourth-order valence-electron chi connectivity index (χ4n) is 1.72. The first-order valence-electron chi connectivity index (χ1n) is 5.33. The third-order valence-electron chi connectivity index (χ3n) is 2.45. The van der Waals surface area contributed by atoms with Crippen molar-refractivity contribution in [3.63, 3.8) is 0 Å². The van der Waals surface area contributed by atoms with Gasteiger partial charge >= 0.3 is 0 Å². The third-order valence-corrected chi connectivity index (χ3v) is 2.67. The zero-order valence-corrected chi connectivity index (χ0v) is 10.00. The predicted octanol–water partition coefficient (Wildman–Crippen LogP) is 2.58. The molecule has 0 aliphatic carbocycles. The van der Waals surface area contributed by atoms with E-state index in [4.69, 9.17) is 9.47 Å². The number of aryl methyl sites for hydroxylation is 1. The van der Waals surface area contributed by atoms with Crippen molar-refractivity contribution in [1.29, 1.82) is 0 Å². The molecule has 0 fully saturated rings. The summed E-state index contributed by atoms with van der Waals surface area (Å²) >= 11 is 3.74. The van der Waals surface area contributed by atoms with Crippen LogP contribution in [0.4, 0.5) is 0 Å². The van der Waals surface area contributed by atoms with Crippen LogP contribution in [-0.4, -0.2) is 11.4 Å². The van der Waals surface area contributed by atoms with Crippen molar-refractivity contribution in [2.24, 2.45) is 0 Å². The lowest BCUT2D eigenvalue weighted by atomic mass is 10.1. The highest BCUT2D eigenvalue weighted by Crippen LogP contribution is 2.35. The lowest BCUT2D eigenvalue weighted by Crippen LogP contribution is -2.11. The molecule has 0 N–H and O–H groups in total. The van der Waals surface area contributed by atoms with E-state index in [1.807, 2.05) is 25.1 Å². The highest BCUT2D eigenvalue weighted by Gasteiger charge is 2.19. The molecule has 0 bridgehead atoms. The first-order chi connectivity index (χ1) is 7.65. The molecule has 0 amide bonds. The summed E-state index contributed by atoms with van der Waals surface area (Å²) in [7, 11) is 0. The van der Waals surface area contributed by atoms with Crippen molar-refractivity contribution >= 4 is 17.7 Å². The molecule has 16 heavy (non-hydrogen) atoms. The Bertz CT molecular complexity index is 403. The number of carbonyl (C=O) groups excluding carboxylic acids is 1. The Kier molecular flexibility index (Phi) is 3.39. The molecule has 1 atom stereocenters. The maximum atomic E-state index is 10.7. The van der Waals surface area contributed by atoms with Crippen LogP contribution in [0.5, 0.6) is 11.5 Å². The lowest BCUT2D eigenvalue weighted by Gasteiger charge is -2.01. The molecule has 2 rings (SSSR count). The molecule has 0 saturated heterocycles. The third kappa shape index (κ3) is 2.70. The van der Waals surface area contributed by atoms with E-state index in [1.165, 1.54) is 0 Å². The molecule has 0 saturated carbocycles. The number of hydrogen-bond donors (Lipinski definition) is 1. The molecule has 3 nitrogen and oxygen atoms in total. The number of rotatable bonds is 4. The molecule has 4 heteroatoms. The van der Waals surface area contributed by atoms with Gasteiger partial charge < -0.3 is 9.47 Å². The summed E-state index contributed by atoms with van der Waals surface area (Å²) < 4.78 is 10.9. The van der Waals surface area contributed by atoms with Gasteiger partial charge in [-0.3, -0.25) is 4.79 Å². The Morgan fingerprint density at radius 2 is 2.12 bits per heavy atom. The van der Waals surface area contributed by atoms with Gasteiger partial charge in [0.2, 0.25) is 6.29 Å².